The third-order valence-corrected chi connectivity index (χ3v) is 4.07. The third-order valence-electron chi connectivity index (χ3n) is 4.07. The van der Waals surface area contributed by atoms with E-state index < -0.39 is 0 Å². The van der Waals surface area contributed by atoms with Crippen LogP contribution < -0.4 is 5.32 Å². The minimum atomic E-state index is 0.443. The Labute approximate surface area is 117 Å². The SMILES string of the molecule is C#CCCCCNC(C)c1ccc2c(c1)CCCC2. The lowest BCUT2D eigenvalue weighted by atomic mass is 9.89. The zero-order valence-electron chi connectivity index (χ0n) is 12.0. The van der Waals surface area contributed by atoms with Crippen molar-refractivity contribution in [3.8, 4) is 12.3 Å². The van der Waals surface area contributed by atoms with Crippen molar-refractivity contribution >= 4 is 0 Å². The van der Waals surface area contributed by atoms with Crippen molar-refractivity contribution in [1.82, 2.24) is 5.32 Å². The predicted molar refractivity (Wildman–Crippen MR) is 82.2 cm³/mol. The Bertz CT molecular complexity index is 441. The van der Waals surface area contributed by atoms with Gasteiger partial charge in [-0.25, -0.2) is 0 Å². The van der Waals surface area contributed by atoms with Crippen LogP contribution in [0.25, 0.3) is 0 Å². The summed E-state index contributed by atoms with van der Waals surface area (Å²) in [6, 6.07) is 7.48. The van der Waals surface area contributed by atoms with Crippen molar-refractivity contribution in [3.05, 3.63) is 34.9 Å². The molecule has 1 aromatic carbocycles. The number of unbranched alkanes of at least 4 members (excludes halogenated alkanes) is 2. The summed E-state index contributed by atoms with van der Waals surface area (Å²) in [4.78, 5) is 0. The van der Waals surface area contributed by atoms with E-state index in [2.05, 4.69) is 36.4 Å². The first-order valence-corrected chi connectivity index (χ1v) is 7.60. The number of nitrogens with one attached hydrogen (secondary N) is 1. The first kappa shape index (κ1) is 14.2. The van der Waals surface area contributed by atoms with Crippen LogP contribution in [0, 0.1) is 12.3 Å². The monoisotopic (exact) mass is 255 g/mol. The van der Waals surface area contributed by atoms with Gasteiger partial charge in [-0.2, -0.15) is 0 Å². The molecule has 0 bridgehead atoms. The molecule has 0 saturated carbocycles. The molecule has 1 aliphatic carbocycles. The van der Waals surface area contributed by atoms with Gasteiger partial charge >= 0.3 is 0 Å². The molecule has 0 aromatic heterocycles. The molecular formula is C18H25N. The second-order valence-corrected chi connectivity index (χ2v) is 5.57. The average Bonchev–Trinajstić information content (AvgIpc) is 2.46. The lowest BCUT2D eigenvalue weighted by Gasteiger charge is -2.20. The van der Waals surface area contributed by atoms with Gasteiger partial charge in [0.2, 0.25) is 0 Å². The number of fused-ring (bicyclic) bond motifs is 1. The number of hydrogen-bond donors (Lipinski definition) is 1. The average molecular weight is 255 g/mol. The van der Waals surface area contributed by atoms with Gasteiger partial charge in [0.05, 0.1) is 0 Å². The Morgan fingerprint density at radius 2 is 2.00 bits per heavy atom. The van der Waals surface area contributed by atoms with Gasteiger partial charge in [0.25, 0.3) is 0 Å². The number of rotatable bonds is 6. The number of hydrogen-bond acceptors (Lipinski definition) is 1. The molecule has 1 unspecified atom stereocenters. The highest BCUT2D eigenvalue weighted by Gasteiger charge is 2.11. The van der Waals surface area contributed by atoms with Crippen LogP contribution in [0.3, 0.4) is 0 Å². The molecular weight excluding hydrogens is 230 g/mol. The molecule has 102 valence electrons. The number of benzene rings is 1. The fourth-order valence-corrected chi connectivity index (χ4v) is 2.81. The zero-order valence-corrected chi connectivity index (χ0v) is 12.0. The molecule has 0 radical (unpaired) electrons. The van der Waals surface area contributed by atoms with Gasteiger partial charge in [-0.3, -0.25) is 0 Å². The van der Waals surface area contributed by atoms with E-state index in [4.69, 9.17) is 6.42 Å². The molecule has 0 heterocycles. The van der Waals surface area contributed by atoms with Gasteiger partial charge in [-0.05, 0) is 68.7 Å². The van der Waals surface area contributed by atoms with E-state index in [0.717, 1.165) is 19.4 Å². The Balaban J connectivity index is 1.85. The van der Waals surface area contributed by atoms with E-state index in [1.54, 1.807) is 11.1 Å². The first-order chi connectivity index (χ1) is 9.31. The summed E-state index contributed by atoms with van der Waals surface area (Å²) in [6.07, 6.45) is 13.7. The maximum atomic E-state index is 5.26. The number of terminal acetylenes is 1. The normalized spacial score (nSPS) is 15.6. The molecule has 1 heteroatoms. The molecule has 0 amide bonds. The minimum Gasteiger partial charge on any atom is -0.310 e. The topological polar surface area (TPSA) is 12.0 Å². The molecule has 1 atom stereocenters. The van der Waals surface area contributed by atoms with Crippen LogP contribution in [0.1, 0.15) is 61.8 Å². The molecule has 1 aromatic rings. The largest absolute Gasteiger partial charge is 0.310 e. The Morgan fingerprint density at radius 3 is 2.79 bits per heavy atom. The molecule has 0 spiro atoms. The lowest BCUT2D eigenvalue weighted by molar-refractivity contribution is 0.548. The van der Waals surface area contributed by atoms with E-state index in [1.165, 1.54) is 37.7 Å². The molecule has 0 saturated heterocycles. The van der Waals surface area contributed by atoms with E-state index in [9.17, 15) is 0 Å². The maximum Gasteiger partial charge on any atom is 0.0291 e. The van der Waals surface area contributed by atoms with Gasteiger partial charge in [-0.1, -0.05) is 18.2 Å². The number of aryl methyl sites for hydroxylation is 2. The maximum absolute atomic E-state index is 5.26. The zero-order chi connectivity index (χ0) is 13.5. The molecule has 2 rings (SSSR count). The Morgan fingerprint density at radius 1 is 1.21 bits per heavy atom. The van der Waals surface area contributed by atoms with Crippen LogP contribution in [-0.2, 0) is 12.8 Å². The van der Waals surface area contributed by atoms with Crippen molar-refractivity contribution < 1.29 is 0 Å². The smallest absolute Gasteiger partial charge is 0.0291 e. The summed E-state index contributed by atoms with van der Waals surface area (Å²) < 4.78 is 0. The Kier molecular flexibility index (Phi) is 5.48. The highest BCUT2D eigenvalue weighted by molar-refractivity contribution is 5.35. The second kappa shape index (κ2) is 7.36. The van der Waals surface area contributed by atoms with Crippen LogP contribution >= 0.6 is 0 Å². The highest BCUT2D eigenvalue weighted by Crippen LogP contribution is 2.24. The summed E-state index contributed by atoms with van der Waals surface area (Å²) in [5.74, 6) is 2.69. The van der Waals surface area contributed by atoms with Crippen molar-refractivity contribution in [2.45, 2.75) is 57.9 Å². The summed E-state index contributed by atoms with van der Waals surface area (Å²) >= 11 is 0. The quantitative estimate of drug-likeness (QED) is 0.598. The van der Waals surface area contributed by atoms with Gasteiger partial charge in [0.15, 0.2) is 0 Å². The summed E-state index contributed by atoms with van der Waals surface area (Å²) in [7, 11) is 0. The van der Waals surface area contributed by atoms with Crippen molar-refractivity contribution in [3.63, 3.8) is 0 Å². The van der Waals surface area contributed by atoms with Crippen LogP contribution in [0.2, 0.25) is 0 Å². The summed E-state index contributed by atoms with van der Waals surface area (Å²) in [6.45, 7) is 3.31. The minimum absolute atomic E-state index is 0.443. The Hall–Kier alpha value is -1.26. The fourth-order valence-electron chi connectivity index (χ4n) is 2.81. The molecule has 1 N–H and O–H groups in total. The van der Waals surface area contributed by atoms with Gasteiger partial charge in [0.1, 0.15) is 0 Å². The molecule has 19 heavy (non-hydrogen) atoms. The summed E-state index contributed by atoms with van der Waals surface area (Å²) in [5.41, 5.74) is 4.57. The first-order valence-electron chi connectivity index (χ1n) is 7.60. The second-order valence-electron chi connectivity index (χ2n) is 5.57. The highest BCUT2D eigenvalue weighted by atomic mass is 14.9. The van der Waals surface area contributed by atoms with Crippen LogP contribution in [0.15, 0.2) is 18.2 Å². The van der Waals surface area contributed by atoms with Gasteiger partial charge < -0.3 is 5.32 Å². The van der Waals surface area contributed by atoms with E-state index in [0.29, 0.717) is 6.04 Å². The predicted octanol–water partition coefficient (Wildman–Crippen LogP) is 4.02. The van der Waals surface area contributed by atoms with Gasteiger partial charge in [-0.15, -0.1) is 12.3 Å². The van der Waals surface area contributed by atoms with Crippen molar-refractivity contribution in [1.29, 1.82) is 0 Å². The molecule has 0 aliphatic heterocycles. The standard InChI is InChI=1S/C18H25N/c1-3-4-5-8-13-19-15(2)17-12-11-16-9-6-7-10-18(16)14-17/h1,11-12,14-15,19H,4-10,13H2,2H3. The molecule has 0 fully saturated rings. The lowest BCUT2D eigenvalue weighted by Crippen LogP contribution is -2.20. The third kappa shape index (κ3) is 4.11. The van der Waals surface area contributed by atoms with E-state index in [1.807, 2.05) is 0 Å². The van der Waals surface area contributed by atoms with E-state index >= 15 is 0 Å². The van der Waals surface area contributed by atoms with Crippen LogP contribution in [0.5, 0.6) is 0 Å². The van der Waals surface area contributed by atoms with Gasteiger partial charge in [0, 0.05) is 12.5 Å². The molecule has 1 nitrogen and oxygen atoms in total. The van der Waals surface area contributed by atoms with Crippen LogP contribution in [0.4, 0.5) is 0 Å². The van der Waals surface area contributed by atoms with Crippen molar-refractivity contribution in [2.24, 2.45) is 0 Å². The van der Waals surface area contributed by atoms with Crippen molar-refractivity contribution in [2.75, 3.05) is 6.54 Å². The molecule has 1 aliphatic rings. The fraction of sp³-hybridized carbons (Fsp3) is 0.556. The van der Waals surface area contributed by atoms with E-state index in [-0.39, 0.29) is 0 Å². The summed E-state index contributed by atoms with van der Waals surface area (Å²) in [5, 5.41) is 3.60. The van der Waals surface area contributed by atoms with Crippen LogP contribution in [-0.4, -0.2) is 6.54 Å².